The van der Waals surface area contributed by atoms with E-state index in [-0.39, 0.29) is 11.9 Å². The SMILES string of the molecule is CCC(=O)C1CO1. The molecule has 7 heavy (non-hydrogen) atoms. The van der Waals surface area contributed by atoms with Crippen LogP contribution in [0.25, 0.3) is 0 Å². The molecule has 1 saturated heterocycles. The summed E-state index contributed by atoms with van der Waals surface area (Å²) in [6.45, 7) is 2.51. The van der Waals surface area contributed by atoms with Crippen molar-refractivity contribution in [3.63, 3.8) is 0 Å². The summed E-state index contributed by atoms with van der Waals surface area (Å²) >= 11 is 0. The predicted molar refractivity (Wildman–Crippen MR) is 25.0 cm³/mol. The maximum absolute atomic E-state index is 10.4. The summed E-state index contributed by atoms with van der Waals surface area (Å²) in [5.41, 5.74) is 0. The molecular weight excluding hydrogens is 92.1 g/mol. The van der Waals surface area contributed by atoms with E-state index >= 15 is 0 Å². The molecule has 1 unspecified atom stereocenters. The van der Waals surface area contributed by atoms with Gasteiger partial charge in [-0.2, -0.15) is 0 Å². The highest BCUT2D eigenvalue weighted by molar-refractivity contribution is 5.84. The van der Waals surface area contributed by atoms with Gasteiger partial charge in [0.2, 0.25) is 0 Å². The molecule has 0 amide bonds. The molecular formula is C5H8O2. The Bertz CT molecular complexity index is 84.1. The van der Waals surface area contributed by atoms with Crippen LogP contribution in [0, 0.1) is 0 Å². The zero-order chi connectivity index (χ0) is 5.28. The molecule has 1 heterocycles. The lowest BCUT2D eigenvalue weighted by atomic mass is 10.2. The number of ether oxygens (including phenoxy) is 1. The molecule has 0 aromatic carbocycles. The number of Topliss-reactive ketones (excluding diaryl/α,β-unsaturated/α-hetero) is 1. The van der Waals surface area contributed by atoms with Crippen LogP contribution in [0.15, 0.2) is 0 Å². The third kappa shape index (κ3) is 0.996. The van der Waals surface area contributed by atoms with Gasteiger partial charge in [0.25, 0.3) is 0 Å². The second kappa shape index (κ2) is 1.62. The van der Waals surface area contributed by atoms with Crippen molar-refractivity contribution in [2.45, 2.75) is 19.4 Å². The van der Waals surface area contributed by atoms with Gasteiger partial charge in [-0.25, -0.2) is 0 Å². The van der Waals surface area contributed by atoms with Gasteiger partial charge in [-0.05, 0) is 0 Å². The first kappa shape index (κ1) is 4.78. The monoisotopic (exact) mass is 100 g/mol. The fourth-order valence-electron chi connectivity index (χ4n) is 0.462. The van der Waals surface area contributed by atoms with Gasteiger partial charge in [-0.1, -0.05) is 6.92 Å². The molecule has 0 radical (unpaired) electrons. The first-order valence-electron chi connectivity index (χ1n) is 2.49. The standard InChI is InChI=1S/C5H8O2/c1-2-4(6)5-3-7-5/h5H,2-3H2,1H3. The highest BCUT2D eigenvalue weighted by Gasteiger charge is 2.28. The summed E-state index contributed by atoms with van der Waals surface area (Å²) in [6, 6.07) is 0. The number of carbonyl (C=O) groups is 1. The van der Waals surface area contributed by atoms with Gasteiger partial charge in [0.05, 0.1) is 6.61 Å². The van der Waals surface area contributed by atoms with E-state index in [4.69, 9.17) is 4.74 Å². The second-order valence-electron chi connectivity index (χ2n) is 1.64. The third-order valence-corrected chi connectivity index (χ3v) is 1.04. The van der Waals surface area contributed by atoms with E-state index in [9.17, 15) is 4.79 Å². The predicted octanol–water partition coefficient (Wildman–Crippen LogP) is 0.364. The van der Waals surface area contributed by atoms with Crippen LogP contribution in [-0.4, -0.2) is 18.5 Å². The normalized spacial score (nSPS) is 27.3. The van der Waals surface area contributed by atoms with Crippen molar-refractivity contribution >= 4 is 5.78 Å². The number of epoxide rings is 1. The first-order valence-corrected chi connectivity index (χ1v) is 2.49. The summed E-state index contributed by atoms with van der Waals surface area (Å²) in [4.78, 5) is 10.4. The molecule has 40 valence electrons. The van der Waals surface area contributed by atoms with E-state index < -0.39 is 0 Å². The van der Waals surface area contributed by atoms with Gasteiger partial charge < -0.3 is 4.74 Å². The molecule has 2 nitrogen and oxygen atoms in total. The molecule has 1 aliphatic heterocycles. The molecule has 2 heteroatoms. The van der Waals surface area contributed by atoms with Crippen LogP contribution in [0.2, 0.25) is 0 Å². The molecule has 0 saturated carbocycles. The van der Waals surface area contributed by atoms with E-state index in [0.717, 1.165) is 0 Å². The maximum atomic E-state index is 10.4. The lowest BCUT2D eigenvalue weighted by Crippen LogP contribution is -2.02. The summed E-state index contributed by atoms with van der Waals surface area (Å²) in [6.07, 6.45) is 0.593. The van der Waals surface area contributed by atoms with Crippen molar-refractivity contribution in [2.75, 3.05) is 6.61 Å². The van der Waals surface area contributed by atoms with Gasteiger partial charge in [0.1, 0.15) is 6.10 Å². The van der Waals surface area contributed by atoms with E-state index in [1.54, 1.807) is 0 Å². The fraction of sp³-hybridized carbons (Fsp3) is 0.800. The van der Waals surface area contributed by atoms with Crippen LogP contribution in [0.1, 0.15) is 13.3 Å². The van der Waals surface area contributed by atoms with Crippen LogP contribution in [-0.2, 0) is 9.53 Å². The molecule has 0 aromatic heterocycles. The number of hydrogen-bond acceptors (Lipinski definition) is 2. The largest absolute Gasteiger partial charge is 0.365 e. The topological polar surface area (TPSA) is 29.6 Å². The highest BCUT2D eigenvalue weighted by atomic mass is 16.6. The van der Waals surface area contributed by atoms with Gasteiger partial charge in [0.15, 0.2) is 5.78 Å². The maximum Gasteiger partial charge on any atom is 0.163 e. The quantitative estimate of drug-likeness (QED) is 0.469. The average molecular weight is 100 g/mol. The van der Waals surface area contributed by atoms with Crippen molar-refractivity contribution < 1.29 is 9.53 Å². The van der Waals surface area contributed by atoms with Crippen molar-refractivity contribution in [3.05, 3.63) is 0 Å². The molecule has 1 fully saturated rings. The lowest BCUT2D eigenvalue weighted by Gasteiger charge is -1.81. The molecule has 0 bridgehead atoms. The van der Waals surface area contributed by atoms with Crippen LogP contribution < -0.4 is 0 Å². The fourth-order valence-corrected chi connectivity index (χ4v) is 0.462. The van der Waals surface area contributed by atoms with Gasteiger partial charge in [0, 0.05) is 6.42 Å². The number of carbonyl (C=O) groups excluding carboxylic acids is 1. The number of hydrogen-bond donors (Lipinski definition) is 0. The van der Waals surface area contributed by atoms with Crippen LogP contribution in [0.4, 0.5) is 0 Å². The molecule has 0 N–H and O–H groups in total. The summed E-state index contributed by atoms with van der Waals surface area (Å²) < 4.78 is 4.71. The number of rotatable bonds is 2. The first-order chi connectivity index (χ1) is 3.34. The minimum absolute atomic E-state index is 0.0231. The van der Waals surface area contributed by atoms with Crippen LogP contribution >= 0.6 is 0 Å². The Morgan fingerprint density at radius 2 is 2.57 bits per heavy atom. The zero-order valence-electron chi connectivity index (χ0n) is 4.31. The Kier molecular flexibility index (Phi) is 1.11. The zero-order valence-corrected chi connectivity index (χ0v) is 4.31. The van der Waals surface area contributed by atoms with Crippen LogP contribution in [0.3, 0.4) is 0 Å². The van der Waals surface area contributed by atoms with E-state index in [1.165, 1.54) is 0 Å². The molecule has 1 atom stereocenters. The second-order valence-corrected chi connectivity index (χ2v) is 1.64. The van der Waals surface area contributed by atoms with Crippen LogP contribution in [0.5, 0.6) is 0 Å². The minimum Gasteiger partial charge on any atom is -0.365 e. The lowest BCUT2D eigenvalue weighted by molar-refractivity contribution is -0.119. The van der Waals surface area contributed by atoms with Crippen molar-refractivity contribution in [3.8, 4) is 0 Å². The summed E-state index contributed by atoms with van der Waals surface area (Å²) in [5, 5.41) is 0. The van der Waals surface area contributed by atoms with Gasteiger partial charge >= 0.3 is 0 Å². The number of ketones is 1. The molecule has 1 aliphatic rings. The molecule has 0 spiro atoms. The Morgan fingerprint density at radius 3 is 2.71 bits per heavy atom. The van der Waals surface area contributed by atoms with Crippen molar-refractivity contribution in [2.24, 2.45) is 0 Å². The van der Waals surface area contributed by atoms with Crippen molar-refractivity contribution in [1.29, 1.82) is 0 Å². The third-order valence-electron chi connectivity index (χ3n) is 1.04. The Labute approximate surface area is 42.5 Å². The van der Waals surface area contributed by atoms with E-state index in [0.29, 0.717) is 13.0 Å². The molecule has 1 rings (SSSR count). The van der Waals surface area contributed by atoms with E-state index in [2.05, 4.69) is 0 Å². The molecule has 0 aliphatic carbocycles. The average Bonchev–Trinajstić information content (AvgIpc) is 2.44. The highest BCUT2D eigenvalue weighted by Crippen LogP contribution is 2.10. The Morgan fingerprint density at radius 1 is 2.00 bits per heavy atom. The van der Waals surface area contributed by atoms with Gasteiger partial charge in [-0.3, -0.25) is 4.79 Å². The Hall–Kier alpha value is -0.370. The van der Waals surface area contributed by atoms with Gasteiger partial charge in [-0.15, -0.1) is 0 Å². The minimum atomic E-state index is -0.0231. The summed E-state index contributed by atoms with van der Waals surface area (Å²) in [5.74, 6) is 0.236. The Balaban J connectivity index is 2.24. The molecule has 0 aromatic rings. The summed E-state index contributed by atoms with van der Waals surface area (Å²) in [7, 11) is 0. The smallest absolute Gasteiger partial charge is 0.163 e. The van der Waals surface area contributed by atoms with E-state index in [1.807, 2.05) is 6.92 Å². The van der Waals surface area contributed by atoms with Crippen molar-refractivity contribution in [1.82, 2.24) is 0 Å².